The molecule has 2 heterocycles. The summed E-state index contributed by atoms with van der Waals surface area (Å²) in [5.74, 6) is -0.284. The van der Waals surface area contributed by atoms with Crippen molar-refractivity contribution in [2.45, 2.75) is 30.7 Å². The van der Waals surface area contributed by atoms with Crippen LogP contribution < -0.4 is 14.8 Å². The van der Waals surface area contributed by atoms with Gasteiger partial charge in [-0.3, -0.25) is 9.59 Å². The Balaban J connectivity index is 1.44. The predicted octanol–water partition coefficient (Wildman–Crippen LogP) is 2.24. The van der Waals surface area contributed by atoms with Crippen molar-refractivity contribution >= 4 is 27.5 Å². The van der Waals surface area contributed by atoms with E-state index < -0.39 is 33.7 Å². The zero-order chi connectivity index (χ0) is 24.3. The molecular formula is C23H26FN3O6S. The first kappa shape index (κ1) is 24.0. The summed E-state index contributed by atoms with van der Waals surface area (Å²) in [5, 5.41) is 2.74. The Morgan fingerprint density at radius 2 is 1.82 bits per heavy atom. The second-order valence-corrected chi connectivity index (χ2v) is 9.88. The Bertz CT molecular complexity index is 1170. The molecule has 0 unspecified atom stereocenters. The number of rotatable bonds is 7. The minimum absolute atomic E-state index is 0.0759. The van der Waals surface area contributed by atoms with E-state index in [-0.39, 0.29) is 24.5 Å². The van der Waals surface area contributed by atoms with Gasteiger partial charge in [-0.15, -0.1) is 0 Å². The van der Waals surface area contributed by atoms with E-state index >= 15 is 0 Å². The first-order valence-corrected chi connectivity index (χ1v) is 12.5. The molecule has 11 heteroatoms. The smallest absolute Gasteiger partial charge is 0.243 e. The lowest BCUT2D eigenvalue weighted by Crippen LogP contribution is -2.49. The van der Waals surface area contributed by atoms with Crippen molar-refractivity contribution in [2.75, 3.05) is 38.2 Å². The molecule has 182 valence electrons. The molecule has 0 radical (unpaired) electrons. The number of amides is 2. The zero-order valence-corrected chi connectivity index (χ0v) is 19.5. The first-order chi connectivity index (χ1) is 16.3. The van der Waals surface area contributed by atoms with Gasteiger partial charge in [-0.2, -0.15) is 4.31 Å². The van der Waals surface area contributed by atoms with Crippen LogP contribution in [0.3, 0.4) is 0 Å². The highest BCUT2D eigenvalue weighted by atomic mass is 32.2. The highest BCUT2D eigenvalue weighted by Gasteiger charge is 2.41. The molecule has 0 bridgehead atoms. The summed E-state index contributed by atoms with van der Waals surface area (Å²) in [4.78, 5) is 27.2. The molecule has 34 heavy (non-hydrogen) atoms. The van der Waals surface area contributed by atoms with Crippen molar-refractivity contribution in [1.82, 2.24) is 9.21 Å². The second-order valence-electron chi connectivity index (χ2n) is 7.99. The summed E-state index contributed by atoms with van der Waals surface area (Å²) < 4.78 is 51.5. The number of nitrogens with zero attached hydrogens (tertiary/aromatic N) is 2. The van der Waals surface area contributed by atoms with Crippen LogP contribution in [0, 0.1) is 5.82 Å². The number of sulfonamides is 1. The summed E-state index contributed by atoms with van der Waals surface area (Å²) in [6.45, 7) is 2.78. The number of anilines is 1. The van der Waals surface area contributed by atoms with Gasteiger partial charge in [0.2, 0.25) is 21.8 Å². The Morgan fingerprint density at radius 1 is 1.12 bits per heavy atom. The third-order valence-electron chi connectivity index (χ3n) is 5.76. The predicted molar refractivity (Wildman–Crippen MR) is 122 cm³/mol. The monoisotopic (exact) mass is 491 g/mol. The molecule has 1 N–H and O–H groups in total. The summed E-state index contributed by atoms with van der Waals surface area (Å²) in [5.41, 5.74) is 0.499. The van der Waals surface area contributed by atoms with Gasteiger partial charge in [0.15, 0.2) is 11.5 Å². The number of halogens is 1. The number of hydrogen-bond acceptors (Lipinski definition) is 6. The lowest BCUT2D eigenvalue weighted by atomic mass is 10.2. The van der Waals surface area contributed by atoms with Crippen LogP contribution in [0.5, 0.6) is 11.5 Å². The van der Waals surface area contributed by atoms with Gasteiger partial charge in [-0.1, -0.05) is 0 Å². The first-order valence-electron chi connectivity index (χ1n) is 11.1. The van der Waals surface area contributed by atoms with E-state index in [0.717, 1.165) is 16.4 Å². The van der Waals surface area contributed by atoms with Gasteiger partial charge in [0.1, 0.15) is 25.1 Å². The Kier molecular flexibility index (Phi) is 7.03. The molecule has 1 fully saturated rings. The van der Waals surface area contributed by atoms with Crippen LogP contribution >= 0.6 is 0 Å². The Hall–Kier alpha value is -3.18. The number of fused-ring (bicyclic) bond motifs is 1. The third-order valence-corrected chi connectivity index (χ3v) is 7.69. The van der Waals surface area contributed by atoms with Crippen LogP contribution in [0.2, 0.25) is 0 Å². The third kappa shape index (κ3) is 5.00. The summed E-state index contributed by atoms with van der Waals surface area (Å²) in [6.07, 6.45) is 0.858. The Morgan fingerprint density at radius 3 is 2.53 bits per heavy atom. The lowest BCUT2D eigenvalue weighted by Gasteiger charge is -2.29. The molecule has 1 atom stereocenters. The van der Waals surface area contributed by atoms with Gasteiger partial charge >= 0.3 is 0 Å². The summed E-state index contributed by atoms with van der Waals surface area (Å²) in [7, 11) is -3.98. The molecular weight excluding hydrogens is 465 g/mol. The summed E-state index contributed by atoms with van der Waals surface area (Å²) in [6, 6.07) is 8.61. The van der Waals surface area contributed by atoms with Crippen molar-refractivity contribution < 1.29 is 31.9 Å². The van der Waals surface area contributed by atoms with E-state index in [1.165, 1.54) is 17.0 Å². The van der Waals surface area contributed by atoms with Gasteiger partial charge in [0.05, 0.1) is 11.4 Å². The van der Waals surface area contributed by atoms with Crippen molar-refractivity contribution in [3.63, 3.8) is 0 Å². The van der Waals surface area contributed by atoms with Crippen LogP contribution in [0.15, 0.2) is 47.4 Å². The van der Waals surface area contributed by atoms with Crippen molar-refractivity contribution in [2.24, 2.45) is 0 Å². The maximum absolute atomic E-state index is 13.2. The van der Waals surface area contributed by atoms with E-state index in [2.05, 4.69) is 5.32 Å². The van der Waals surface area contributed by atoms with Gasteiger partial charge in [-0.05, 0) is 56.2 Å². The second kappa shape index (κ2) is 9.98. The molecule has 4 rings (SSSR count). The molecule has 2 aliphatic rings. The van der Waals surface area contributed by atoms with Crippen molar-refractivity contribution in [1.29, 1.82) is 0 Å². The quantitative estimate of drug-likeness (QED) is 0.637. The molecule has 0 aliphatic carbocycles. The maximum atomic E-state index is 13.2. The molecule has 9 nitrogen and oxygen atoms in total. The molecule has 1 saturated heterocycles. The van der Waals surface area contributed by atoms with Crippen LogP contribution in [0.4, 0.5) is 10.1 Å². The van der Waals surface area contributed by atoms with Crippen LogP contribution in [0.1, 0.15) is 19.8 Å². The number of nitrogens with one attached hydrogen (secondary N) is 1. The molecule has 0 spiro atoms. The minimum Gasteiger partial charge on any atom is -0.486 e. The normalized spacial score (nSPS) is 17.9. The molecule has 2 aromatic rings. The lowest BCUT2D eigenvalue weighted by molar-refractivity contribution is -0.137. The number of ether oxygens (including phenoxy) is 2. The molecule has 0 saturated carbocycles. The van der Waals surface area contributed by atoms with E-state index in [0.29, 0.717) is 43.2 Å². The SMILES string of the molecule is CCN(CC(=O)Nc1ccc2c(c1)OCCO2)C(=O)[C@@H]1CCCN1S(=O)(=O)c1ccc(F)cc1. The van der Waals surface area contributed by atoms with Crippen LogP contribution in [0.25, 0.3) is 0 Å². The van der Waals surface area contributed by atoms with E-state index in [4.69, 9.17) is 9.47 Å². The van der Waals surface area contributed by atoms with E-state index in [1.54, 1.807) is 25.1 Å². The number of carbonyl (C=O) groups excluding carboxylic acids is 2. The fourth-order valence-electron chi connectivity index (χ4n) is 4.07. The number of carbonyl (C=O) groups is 2. The fraction of sp³-hybridized carbons (Fsp3) is 0.391. The average Bonchev–Trinajstić information content (AvgIpc) is 3.33. The molecule has 2 amide bonds. The van der Waals surface area contributed by atoms with Gasteiger partial charge < -0.3 is 19.7 Å². The van der Waals surface area contributed by atoms with Gasteiger partial charge in [0, 0.05) is 24.8 Å². The van der Waals surface area contributed by atoms with Gasteiger partial charge in [-0.25, -0.2) is 12.8 Å². The van der Waals surface area contributed by atoms with Crippen molar-refractivity contribution in [3.05, 3.63) is 48.3 Å². The van der Waals surface area contributed by atoms with Crippen LogP contribution in [-0.4, -0.2) is 68.3 Å². The van der Waals surface area contributed by atoms with E-state index in [9.17, 15) is 22.4 Å². The fourth-order valence-corrected chi connectivity index (χ4v) is 5.72. The van der Waals surface area contributed by atoms with Crippen LogP contribution in [-0.2, 0) is 19.6 Å². The highest BCUT2D eigenvalue weighted by Crippen LogP contribution is 2.32. The highest BCUT2D eigenvalue weighted by molar-refractivity contribution is 7.89. The standard InChI is InChI=1S/C23H26FN3O6S/c1-2-26(15-22(28)25-17-7-10-20-21(14-17)33-13-12-32-20)23(29)19-4-3-11-27(19)34(30,31)18-8-5-16(24)6-9-18/h5-10,14,19H,2-4,11-13,15H2,1H3,(H,25,28)/t19-/m0/s1. The topological polar surface area (TPSA) is 105 Å². The maximum Gasteiger partial charge on any atom is 0.243 e. The number of benzene rings is 2. The molecule has 0 aromatic heterocycles. The number of likely N-dealkylation sites (N-methyl/N-ethyl adjacent to an activating group) is 1. The largest absolute Gasteiger partial charge is 0.486 e. The van der Waals surface area contributed by atoms with Gasteiger partial charge in [0.25, 0.3) is 0 Å². The Labute approximate surface area is 197 Å². The van der Waals surface area contributed by atoms with Crippen molar-refractivity contribution in [3.8, 4) is 11.5 Å². The zero-order valence-electron chi connectivity index (χ0n) is 18.7. The summed E-state index contributed by atoms with van der Waals surface area (Å²) >= 11 is 0. The minimum atomic E-state index is -3.98. The average molecular weight is 492 g/mol. The molecule has 2 aromatic carbocycles. The van der Waals surface area contributed by atoms with E-state index in [1.807, 2.05) is 0 Å². The molecule has 2 aliphatic heterocycles. The number of hydrogen-bond donors (Lipinski definition) is 1.